The van der Waals surface area contributed by atoms with Crippen LogP contribution in [-0.4, -0.2) is 52.0 Å². The molecule has 2 heterocycles. The molecule has 7 heteroatoms. The minimum absolute atomic E-state index is 0. The Morgan fingerprint density at radius 3 is 2.35 bits per heavy atom. The van der Waals surface area contributed by atoms with E-state index in [2.05, 4.69) is 56.9 Å². The van der Waals surface area contributed by atoms with Gasteiger partial charge < -0.3 is 15.0 Å². The molecule has 1 aromatic rings. The number of likely N-dealkylation sites (tertiary alicyclic amines) is 1. The molecule has 0 radical (unpaired) electrons. The van der Waals surface area contributed by atoms with Gasteiger partial charge in [-0.1, -0.05) is 0 Å². The Balaban J connectivity index is 0.00000338. The fraction of sp³-hybridized carbons (Fsp3) is 0.789. The second kappa shape index (κ2) is 9.92. The molecular formula is C19H36IN5O. The number of nitrogens with zero attached hydrogens (tertiary/aromatic N) is 4. The van der Waals surface area contributed by atoms with Crippen molar-refractivity contribution in [3.63, 3.8) is 0 Å². The van der Waals surface area contributed by atoms with Crippen molar-refractivity contribution in [3.8, 4) is 0 Å². The van der Waals surface area contributed by atoms with Gasteiger partial charge in [0, 0.05) is 37.9 Å². The first-order valence-electron chi connectivity index (χ1n) is 9.41. The summed E-state index contributed by atoms with van der Waals surface area (Å²) in [7, 11) is 1.99. The van der Waals surface area contributed by atoms with Crippen LogP contribution in [-0.2, 0) is 18.3 Å². The highest BCUT2D eigenvalue weighted by atomic mass is 127. The smallest absolute Gasteiger partial charge is 0.194 e. The number of rotatable bonds is 4. The molecular weight excluding hydrogens is 441 g/mol. The molecule has 0 unspecified atom stereocenters. The highest BCUT2D eigenvalue weighted by molar-refractivity contribution is 14.0. The molecule has 0 amide bonds. The number of piperidine rings is 1. The van der Waals surface area contributed by atoms with E-state index in [-0.39, 0.29) is 29.6 Å². The molecule has 6 nitrogen and oxygen atoms in total. The van der Waals surface area contributed by atoms with E-state index >= 15 is 0 Å². The minimum atomic E-state index is -0.0687. The second-order valence-corrected chi connectivity index (χ2v) is 7.86. The highest BCUT2D eigenvalue weighted by Crippen LogP contribution is 2.20. The Labute approximate surface area is 175 Å². The SMILES string of the molecule is CCNC(=NCc1c(C)nn(C)c1C)N1CCC(OC(C)(C)C)CC1.I. The Kier molecular flexibility index (Phi) is 8.85. The third kappa shape index (κ3) is 6.40. The number of halogens is 1. The summed E-state index contributed by atoms with van der Waals surface area (Å²) in [4.78, 5) is 7.23. The summed E-state index contributed by atoms with van der Waals surface area (Å²) >= 11 is 0. The summed E-state index contributed by atoms with van der Waals surface area (Å²) in [6, 6.07) is 0. The van der Waals surface area contributed by atoms with Crippen LogP contribution in [0.15, 0.2) is 4.99 Å². The Morgan fingerprint density at radius 1 is 1.27 bits per heavy atom. The summed E-state index contributed by atoms with van der Waals surface area (Å²) in [6.45, 7) is 16.2. The first-order valence-corrected chi connectivity index (χ1v) is 9.41. The van der Waals surface area contributed by atoms with E-state index in [1.807, 2.05) is 11.7 Å². The molecule has 0 saturated carbocycles. The zero-order valence-corrected chi connectivity index (χ0v) is 19.8. The predicted octanol–water partition coefficient (Wildman–Crippen LogP) is 3.40. The van der Waals surface area contributed by atoms with Crippen LogP contribution in [0.2, 0.25) is 0 Å². The second-order valence-electron chi connectivity index (χ2n) is 7.86. The normalized spacial score (nSPS) is 16.6. The molecule has 0 bridgehead atoms. The van der Waals surface area contributed by atoms with E-state index in [9.17, 15) is 0 Å². The van der Waals surface area contributed by atoms with E-state index in [0.29, 0.717) is 12.6 Å². The largest absolute Gasteiger partial charge is 0.372 e. The first kappa shape index (κ1) is 23.2. The molecule has 26 heavy (non-hydrogen) atoms. The molecule has 1 fully saturated rings. The van der Waals surface area contributed by atoms with Crippen LogP contribution in [0.5, 0.6) is 0 Å². The lowest BCUT2D eigenvalue weighted by Gasteiger charge is -2.37. The molecule has 2 rings (SSSR count). The van der Waals surface area contributed by atoms with Crippen molar-refractivity contribution < 1.29 is 4.74 Å². The third-order valence-corrected chi connectivity index (χ3v) is 4.64. The maximum absolute atomic E-state index is 6.13. The van der Waals surface area contributed by atoms with Gasteiger partial charge in [-0.15, -0.1) is 24.0 Å². The number of guanidine groups is 1. The monoisotopic (exact) mass is 477 g/mol. The zero-order valence-electron chi connectivity index (χ0n) is 17.4. The van der Waals surface area contributed by atoms with Gasteiger partial charge in [0.05, 0.1) is 23.9 Å². The Hall–Kier alpha value is -0.830. The minimum Gasteiger partial charge on any atom is -0.372 e. The van der Waals surface area contributed by atoms with Gasteiger partial charge in [0.2, 0.25) is 0 Å². The Morgan fingerprint density at radius 2 is 1.88 bits per heavy atom. The van der Waals surface area contributed by atoms with E-state index in [0.717, 1.165) is 44.1 Å². The van der Waals surface area contributed by atoms with Crippen LogP contribution in [0.4, 0.5) is 0 Å². The molecule has 1 aliphatic heterocycles. The van der Waals surface area contributed by atoms with Crippen LogP contribution >= 0.6 is 24.0 Å². The summed E-state index contributed by atoms with van der Waals surface area (Å²) in [5.74, 6) is 0.999. The van der Waals surface area contributed by atoms with E-state index < -0.39 is 0 Å². The quantitative estimate of drug-likeness (QED) is 0.411. The lowest BCUT2D eigenvalue weighted by molar-refractivity contribution is -0.0772. The van der Waals surface area contributed by atoms with Crippen molar-refractivity contribution in [2.45, 2.75) is 72.6 Å². The molecule has 0 aliphatic carbocycles. The van der Waals surface area contributed by atoms with Gasteiger partial charge in [0.1, 0.15) is 0 Å². The molecule has 0 aromatic carbocycles. The summed E-state index contributed by atoms with van der Waals surface area (Å²) in [5.41, 5.74) is 3.41. The lowest BCUT2D eigenvalue weighted by atomic mass is 10.1. The maximum Gasteiger partial charge on any atom is 0.194 e. The van der Waals surface area contributed by atoms with Crippen LogP contribution in [0.1, 0.15) is 57.5 Å². The fourth-order valence-electron chi connectivity index (χ4n) is 3.31. The number of ether oxygens (including phenoxy) is 1. The summed E-state index contributed by atoms with van der Waals surface area (Å²) in [5, 5.41) is 7.93. The topological polar surface area (TPSA) is 54.7 Å². The fourth-order valence-corrected chi connectivity index (χ4v) is 3.31. The van der Waals surface area contributed by atoms with Crippen molar-refractivity contribution in [1.29, 1.82) is 0 Å². The lowest BCUT2D eigenvalue weighted by Crippen LogP contribution is -2.47. The summed E-state index contributed by atoms with van der Waals surface area (Å²) in [6.07, 6.45) is 2.45. The van der Waals surface area contributed by atoms with Gasteiger partial charge in [-0.2, -0.15) is 5.10 Å². The maximum atomic E-state index is 6.13. The third-order valence-electron chi connectivity index (χ3n) is 4.64. The van der Waals surface area contributed by atoms with Gasteiger partial charge in [-0.25, -0.2) is 4.99 Å². The number of aliphatic imine (C=N–C) groups is 1. The molecule has 1 aromatic heterocycles. The van der Waals surface area contributed by atoms with Crippen LogP contribution in [0, 0.1) is 13.8 Å². The van der Waals surface area contributed by atoms with Gasteiger partial charge in [-0.3, -0.25) is 4.68 Å². The molecule has 1 saturated heterocycles. The molecule has 1 N–H and O–H groups in total. The van der Waals surface area contributed by atoms with Crippen molar-refractivity contribution in [1.82, 2.24) is 20.0 Å². The van der Waals surface area contributed by atoms with Gasteiger partial charge in [0.25, 0.3) is 0 Å². The van der Waals surface area contributed by atoms with E-state index in [1.54, 1.807) is 0 Å². The van der Waals surface area contributed by atoms with Crippen molar-refractivity contribution in [2.75, 3.05) is 19.6 Å². The molecule has 150 valence electrons. The van der Waals surface area contributed by atoms with E-state index in [4.69, 9.17) is 9.73 Å². The molecule has 1 aliphatic rings. The van der Waals surface area contributed by atoms with Gasteiger partial charge >= 0.3 is 0 Å². The molecule has 0 atom stereocenters. The van der Waals surface area contributed by atoms with Crippen LogP contribution in [0.25, 0.3) is 0 Å². The standard InChI is InChI=1S/C19H35N5O.HI/c1-8-20-18(21-13-17-14(2)22-23(7)15(17)3)24-11-9-16(10-12-24)25-19(4,5)6;/h16H,8-13H2,1-7H3,(H,20,21);1H. The van der Waals surface area contributed by atoms with Gasteiger partial charge in [0.15, 0.2) is 5.96 Å². The number of hydrogen-bond acceptors (Lipinski definition) is 3. The number of hydrogen-bond donors (Lipinski definition) is 1. The summed E-state index contributed by atoms with van der Waals surface area (Å²) < 4.78 is 8.07. The van der Waals surface area contributed by atoms with Crippen LogP contribution < -0.4 is 5.32 Å². The highest BCUT2D eigenvalue weighted by Gasteiger charge is 2.25. The number of nitrogens with one attached hydrogen (secondary N) is 1. The number of aryl methyl sites for hydroxylation is 2. The predicted molar refractivity (Wildman–Crippen MR) is 118 cm³/mol. The van der Waals surface area contributed by atoms with Gasteiger partial charge in [-0.05, 0) is 54.4 Å². The average molecular weight is 477 g/mol. The van der Waals surface area contributed by atoms with Crippen LogP contribution in [0.3, 0.4) is 0 Å². The molecule has 0 spiro atoms. The first-order chi connectivity index (χ1) is 11.7. The Bertz CT molecular complexity index is 598. The van der Waals surface area contributed by atoms with Crippen molar-refractivity contribution in [3.05, 3.63) is 17.0 Å². The van der Waals surface area contributed by atoms with E-state index in [1.165, 1.54) is 11.3 Å². The average Bonchev–Trinajstić information content (AvgIpc) is 2.76. The van der Waals surface area contributed by atoms with Crippen molar-refractivity contribution >= 4 is 29.9 Å². The zero-order chi connectivity index (χ0) is 18.6. The number of aromatic nitrogens is 2. The van der Waals surface area contributed by atoms with Crippen molar-refractivity contribution in [2.24, 2.45) is 12.0 Å².